The second kappa shape index (κ2) is 15.1. The average molecular weight is 551 g/mol. The summed E-state index contributed by atoms with van der Waals surface area (Å²) in [4.78, 5) is 24.6. The predicted octanol–water partition coefficient (Wildman–Crippen LogP) is 4.68. The molecule has 222 valence electrons. The van der Waals surface area contributed by atoms with E-state index >= 15 is 0 Å². The molecule has 0 spiro atoms. The molecule has 10 atom stereocenters. The first-order valence-electron chi connectivity index (χ1n) is 14.3. The molecule has 8 nitrogen and oxygen atoms in total. The maximum absolute atomic E-state index is 12.8. The lowest BCUT2D eigenvalue weighted by atomic mass is 9.88. The van der Waals surface area contributed by atoms with E-state index in [1.807, 2.05) is 45.9 Å². The number of hydrogen-bond acceptors (Lipinski definition) is 8. The number of carbonyl (C=O) groups excluding carboxylic acids is 2. The lowest BCUT2D eigenvalue weighted by Crippen LogP contribution is -2.42. The van der Waals surface area contributed by atoms with E-state index in [2.05, 4.69) is 13.0 Å². The van der Waals surface area contributed by atoms with Crippen LogP contribution in [0.25, 0.3) is 0 Å². The second-order valence-corrected chi connectivity index (χ2v) is 11.6. The maximum atomic E-state index is 12.8. The topological polar surface area (TPSA) is 115 Å². The van der Waals surface area contributed by atoms with E-state index in [-0.39, 0.29) is 54.9 Å². The SMILES string of the molecule is CCC(O)C(C)C1OC1CC(C)C=CC=C(C)C1OC(=O)CC(OC)CCC(C)(O)C(OC(C)=O)C=CC1C. The minimum absolute atomic E-state index is 0.0611. The zero-order chi connectivity index (χ0) is 29.3. The van der Waals surface area contributed by atoms with Gasteiger partial charge < -0.3 is 29.2 Å². The van der Waals surface area contributed by atoms with Crippen LogP contribution in [0.15, 0.2) is 36.0 Å². The number of methoxy groups -OCH3 is 1. The number of aliphatic hydroxyl groups is 2. The molecule has 2 aliphatic rings. The summed E-state index contributed by atoms with van der Waals surface area (Å²) in [7, 11) is 1.53. The molecule has 0 aromatic heterocycles. The van der Waals surface area contributed by atoms with E-state index in [1.165, 1.54) is 14.0 Å². The highest BCUT2D eigenvalue weighted by atomic mass is 16.6. The largest absolute Gasteiger partial charge is 0.457 e. The monoisotopic (exact) mass is 550 g/mol. The normalized spacial score (nSPS) is 34.9. The molecule has 0 aliphatic carbocycles. The molecule has 2 N–H and O–H groups in total. The zero-order valence-electron chi connectivity index (χ0n) is 25.0. The molecule has 0 radical (unpaired) electrons. The summed E-state index contributed by atoms with van der Waals surface area (Å²) in [5.74, 6) is -0.678. The molecule has 0 bridgehead atoms. The van der Waals surface area contributed by atoms with E-state index in [9.17, 15) is 19.8 Å². The van der Waals surface area contributed by atoms with Crippen LogP contribution in [0, 0.1) is 17.8 Å². The van der Waals surface area contributed by atoms with Gasteiger partial charge in [0.25, 0.3) is 0 Å². The zero-order valence-corrected chi connectivity index (χ0v) is 25.0. The van der Waals surface area contributed by atoms with Crippen LogP contribution in [0.4, 0.5) is 0 Å². The predicted molar refractivity (Wildman–Crippen MR) is 150 cm³/mol. The van der Waals surface area contributed by atoms with Crippen molar-refractivity contribution < 1.29 is 38.7 Å². The van der Waals surface area contributed by atoms with Gasteiger partial charge in [0.15, 0.2) is 0 Å². The van der Waals surface area contributed by atoms with E-state index in [0.29, 0.717) is 6.42 Å². The number of hydrogen-bond donors (Lipinski definition) is 2. The van der Waals surface area contributed by atoms with E-state index in [1.54, 1.807) is 13.0 Å². The lowest BCUT2D eigenvalue weighted by Gasteiger charge is -2.33. The van der Waals surface area contributed by atoms with Crippen LogP contribution in [-0.4, -0.2) is 71.5 Å². The van der Waals surface area contributed by atoms with Gasteiger partial charge in [0.2, 0.25) is 0 Å². The van der Waals surface area contributed by atoms with Gasteiger partial charge in [-0.2, -0.15) is 0 Å². The minimum atomic E-state index is -1.32. The number of ether oxygens (including phenoxy) is 4. The Morgan fingerprint density at radius 1 is 1.28 bits per heavy atom. The van der Waals surface area contributed by atoms with Crippen LogP contribution in [0.3, 0.4) is 0 Å². The third-order valence-corrected chi connectivity index (χ3v) is 7.95. The molecule has 39 heavy (non-hydrogen) atoms. The minimum Gasteiger partial charge on any atom is -0.457 e. The molecular weight excluding hydrogens is 500 g/mol. The molecule has 1 fully saturated rings. The molecule has 0 saturated carbocycles. The lowest BCUT2D eigenvalue weighted by molar-refractivity contribution is -0.157. The van der Waals surface area contributed by atoms with Crippen molar-refractivity contribution in [1.29, 1.82) is 0 Å². The third kappa shape index (κ3) is 10.5. The standard InChI is InChI=1S/C31H50O8/c1-9-25(33)22(5)30-26(38-30)17-19(2)11-10-12-20(3)29-21(4)13-14-27(37-23(6)32)31(7,35)16-15-24(36-8)18-28(34)39-29/h10-14,19,21-22,24-27,29-30,33,35H,9,15-18H2,1-8H3. The first-order chi connectivity index (χ1) is 18.3. The van der Waals surface area contributed by atoms with Crippen molar-refractivity contribution >= 4 is 11.9 Å². The Labute approximate surface area is 234 Å². The van der Waals surface area contributed by atoms with Crippen LogP contribution in [0.5, 0.6) is 0 Å². The molecular formula is C31H50O8. The van der Waals surface area contributed by atoms with Crippen molar-refractivity contribution in [2.45, 2.75) is 123 Å². The number of rotatable bonds is 10. The number of carbonyl (C=O) groups is 2. The van der Waals surface area contributed by atoms with Crippen LogP contribution in [0.1, 0.15) is 80.6 Å². The number of aliphatic hydroxyl groups excluding tert-OH is 1. The molecule has 10 unspecified atom stereocenters. The molecule has 2 aliphatic heterocycles. The van der Waals surface area contributed by atoms with Crippen molar-refractivity contribution in [3.05, 3.63) is 36.0 Å². The molecule has 1 saturated heterocycles. The van der Waals surface area contributed by atoms with Crippen molar-refractivity contribution in [1.82, 2.24) is 0 Å². The Balaban J connectivity index is 2.15. The highest BCUT2D eigenvalue weighted by Gasteiger charge is 2.45. The molecule has 0 aromatic carbocycles. The summed E-state index contributed by atoms with van der Waals surface area (Å²) in [5, 5.41) is 21.2. The first-order valence-corrected chi connectivity index (χ1v) is 14.3. The van der Waals surface area contributed by atoms with Crippen LogP contribution in [0.2, 0.25) is 0 Å². The third-order valence-electron chi connectivity index (χ3n) is 7.95. The second-order valence-electron chi connectivity index (χ2n) is 11.6. The summed E-state index contributed by atoms with van der Waals surface area (Å²) in [6.07, 6.45) is 10.0. The van der Waals surface area contributed by atoms with Crippen LogP contribution >= 0.6 is 0 Å². The highest BCUT2D eigenvalue weighted by molar-refractivity contribution is 5.70. The Kier molecular flexibility index (Phi) is 12.9. The summed E-state index contributed by atoms with van der Waals surface area (Å²) in [5.41, 5.74) is -0.455. The van der Waals surface area contributed by atoms with Crippen molar-refractivity contribution in [3.63, 3.8) is 0 Å². The quantitative estimate of drug-likeness (QED) is 0.174. The maximum Gasteiger partial charge on any atom is 0.309 e. The van der Waals surface area contributed by atoms with Crippen LogP contribution in [-0.2, 0) is 28.5 Å². The van der Waals surface area contributed by atoms with Gasteiger partial charge in [-0.25, -0.2) is 0 Å². The summed E-state index contributed by atoms with van der Waals surface area (Å²) in [6, 6.07) is 0. The van der Waals surface area contributed by atoms with E-state index < -0.39 is 29.9 Å². The smallest absolute Gasteiger partial charge is 0.309 e. The van der Waals surface area contributed by atoms with Crippen molar-refractivity contribution in [2.24, 2.45) is 17.8 Å². The Bertz CT molecular complexity index is 891. The van der Waals surface area contributed by atoms with Gasteiger partial charge in [0.05, 0.1) is 30.8 Å². The summed E-state index contributed by atoms with van der Waals surface area (Å²) in [6.45, 7) is 12.9. The molecule has 0 aromatic rings. The van der Waals surface area contributed by atoms with Crippen LogP contribution < -0.4 is 0 Å². The first kappa shape index (κ1) is 33.2. The van der Waals surface area contributed by atoms with E-state index in [0.717, 1.165) is 18.4 Å². The van der Waals surface area contributed by atoms with Gasteiger partial charge >= 0.3 is 11.9 Å². The summed E-state index contributed by atoms with van der Waals surface area (Å²) < 4.78 is 22.7. The van der Waals surface area contributed by atoms with E-state index in [4.69, 9.17) is 18.9 Å². The van der Waals surface area contributed by atoms with Gasteiger partial charge in [-0.15, -0.1) is 0 Å². The fourth-order valence-corrected chi connectivity index (χ4v) is 5.15. The Morgan fingerprint density at radius 3 is 2.59 bits per heavy atom. The van der Waals surface area contributed by atoms with Gasteiger partial charge in [-0.3, -0.25) is 9.59 Å². The fourth-order valence-electron chi connectivity index (χ4n) is 5.15. The summed E-state index contributed by atoms with van der Waals surface area (Å²) >= 11 is 0. The number of epoxide rings is 1. The Morgan fingerprint density at radius 2 is 1.97 bits per heavy atom. The Hall–Kier alpha value is -2.00. The average Bonchev–Trinajstić information content (AvgIpc) is 3.64. The van der Waals surface area contributed by atoms with Gasteiger partial charge in [-0.05, 0) is 57.1 Å². The number of esters is 2. The molecule has 2 rings (SSSR count). The van der Waals surface area contributed by atoms with Gasteiger partial charge in [0, 0.05) is 25.9 Å². The van der Waals surface area contributed by atoms with Crippen molar-refractivity contribution in [3.8, 4) is 0 Å². The highest BCUT2D eigenvalue weighted by Crippen LogP contribution is 2.36. The number of allylic oxidation sites excluding steroid dienone is 3. The molecule has 2 heterocycles. The number of cyclic esters (lactones) is 1. The fraction of sp³-hybridized carbons (Fsp3) is 0.742. The van der Waals surface area contributed by atoms with Crippen molar-refractivity contribution in [2.75, 3.05) is 7.11 Å². The van der Waals surface area contributed by atoms with Gasteiger partial charge in [0.1, 0.15) is 17.8 Å². The van der Waals surface area contributed by atoms with Gasteiger partial charge in [-0.1, -0.05) is 52.0 Å². The molecule has 0 amide bonds. The molecule has 8 heteroatoms.